The first-order valence-corrected chi connectivity index (χ1v) is 6.57. The molecule has 4 nitrogen and oxygen atoms in total. The van der Waals surface area contributed by atoms with Gasteiger partial charge in [-0.2, -0.15) is 0 Å². The second-order valence-corrected chi connectivity index (χ2v) is 5.24. The number of nitrogens with two attached hydrogens (primary N) is 1. The predicted molar refractivity (Wildman–Crippen MR) is 73.7 cm³/mol. The summed E-state index contributed by atoms with van der Waals surface area (Å²) in [7, 11) is 2.04. The molecular formula is C15H18N2O2. The number of aromatic nitrogens is 1. The van der Waals surface area contributed by atoms with Gasteiger partial charge in [-0.25, -0.2) is 0 Å². The van der Waals surface area contributed by atoms with Crippen LogP contribution in [-0.4, -0.2) is 16.6 Å². The van der Waals surface area contributed by atoms with Gasteiger partial charge in [-0.3, -0.25) is 4.79 Å². The smallest absolute Gasteiger partial charge is 0.303 e. The van der Waals surface area contributed by atoms with Crippen LogP contribution in [0.25, 0.3) is 10.9 Å². The van der Waals surface area contributed by atoms with E-state index in [1.807, 2.05) is 19.2 Å². The van der Waals surface area contributed by atoms with Gasteiger partial charge in [0.15, 0.2) is 0 Å². The number of hydrogen-bond donors (Lipinski definition) is 1. The molecule has 0 radical (unpaired) electrons. The summed E-state index contributed by atoms with van der Waals surface area (Å²) >= 11 is 0. The average Bonchev–Trinajstić information content (AvgIpc) is 2.63. The minimum atomic E-state index is -0.343. The van der Waals surface area contributed by atoms with E-state index in [1.165, 1.54) is 23.4 Å². The topological polar surface area (TPSA) is 57.2 Å². The van der Waals surface area contributed by atoms with E-state index in [1.54, 1.807) is 0 Å². The van der Waals surface area contributed by atoms with Crippen molar-refractivity contribution in [1.82, 2.24) is 4.57 Å². The van der Waals surface area contributed by atoms with Crippen LogP contribution in [0.4, 0.5) is 0 Å². The second kappa shape index (κ2) is 4.38. The quantitative estimate of drug-likeness (QED) is 0.796. The number of carbonyl (C=O) groups excluding carboxylic acids is 1. The molecule has 0 saturated carbocycles. The number of ether oxygens (including phenoxy) is 1. The van der Waals surface area contributed by atoms with Gasteiger partial charge in [0.2, 0.25) is 0 Å². The number of carbonyl (C=O) groups is 1. The van der Waals surface area contributed by atoms with Gasteiger partial charge in [0.25, 0.3) is 0 Å². The monoisotopic (exact) mass is 258 g/mol. The van der Waals surface area contributed by atoms with Gasteiger partial charge in [0.05, 0.1) is 0 Å². The van der Waals surface area contributed by atoms with Crippen molar-refractivity contribution in [2.75, 3.05) is 0 Å². The lowest BCUT2D eigenvalue weighted by atomic mass is 10.00. The molecule has 0 spiro atoms. The second-order valence-electron chi connectivity index (χ2n) is 5.24. The van der Waals surface area contributed by atoms with E-state index >= 15 is 0 Å². The highest BCUT2D eigenvalue weighted by Gasteiger charge is 2.29. The van der Waals surface area contributed by atoms with Gasteiger partial charge in [0.1, 0.15) is 6.10 Å². The molecule has 1 aromatic carbocycles. The summed E-state index contributed by atoms with van der Waals surface area (Å²) in [5.41, 5.74) is 9.69. The summed E-state index contributed by atoms with van der Waals surface area (Å²) in [6.45, 7) is 1.43. The van der Waals surface area contributed by atoms with Crippen molar-refractivity contribution in [1.29, 1.82) is 0 Å². The van der Waals surface area contributed by atoms with Gasteiger partial charge in [-0.1, -0.05) is 12.1 Å². The molecule has 100 valence electrons. The predicted octanol–water partition coefficient (Wildman–Crippen LogP) is 2.06. The van der Waals surface area contributed by atoms with Crippen LogP contribution in [0.15, 0.2) is 24.4 Å². The van der Waals surface area contributed by atoms with E-state index < -0.39 is 0 Å². The number of hydrogen-bond acceptors (Lipinski definition) is 3. The van der Waals surface area contributed by atoms with Crippen molar-refractivity contribution in [2.24, 2.45) is 12.8 Å². The van der Waals surface area contributed by atoms with Crippen molar-refractivity contribution >= 4 is 16.9 Å². The summed E-state index contributed by atoms with van der Waals surface area (Å²) < 4.78 is 7.59. The largest absolute Gasteiger partial charge is 0.456 e. The summed E-state index contributed by atoms with van der Waals surface area (Å²) in [6, 6.07) is 5.96. The van der Waals surface area contributed by atoms with Crippen LogP contribution in [0.3, 0.4) is 0 Å². The molecule has 19 heavy (non-hydrogen) atoms. The highest BCUT2D eigenvalue weighted by molar-refractivity contribution is 5.88. The van der Waals surface area contributed by atoms with Crippen LogP contribution in [0, 0.1) is 0 Å². The van der Waals surface area contributed by atoms with Gasteiger partial charge >= 0.3 is 5.97 Å². The standard InChI is InChI=1S/C15H18N2O2/c1-9(18)19-15-11-4-3-5-13-14(11)10(8-17(13)2)6-7-12(15)16/h3-5,8,12,15H,6-7,16H2,1-2H3. The van der Waals surface area contributed by atoms with E-state index in [9.17, 15) is 4.79 Å². The molecule has 0 amide bonds. The minimum absolute atomic E-state index is 0.146. The lowest BCUT2D eigenvalue weighted by Gasteiger charge is -2.22. The third-order valence-electron chi connectivity index (χ3n) is 3.86. The Balaban J connectivity index is 2.23. The number of aryl methyl sites for hydroxylation is 2. The first-order valence-electron chi connectivity index (χ1n) is 6.57. The summed E-state index contributed by atoms with van der Waals surface area (Å²) in [4.78, 5) is 11.3. The highest BCUT2D eigenvalue weighted by Crippen LogP contribution is 2.36. The maximum Gasteiger partial charge on any atom is 0.303 e. The molecular weight excluding hydrogens is 240 g/mol. The Labute approximate surface area is 112 Å². The maximum atomic E-state index is 11.3. The van der Waals surface area contributed by atoms with Crippen LogP contribution >= 0.6 is 0 Å². The molecule has 3 rings (SSSR count). The molecule has 2 N–H and O–H groups in total. The summed E-state index contributed by atoms with van der Waals surface area (Å²) in [6.07, 6.45) is 3.56. The fraction of sp³-hybridized carbons (Fsp3) is 0.400. The van der Waals surface area contributed by atoms with Crippen LogP contribution in [0.1, 0.15) is 30.6 Å². The van der Waals surface area contributed by atoms with Crippen molar-refractivity contribution in [3.8, 4) is 0 Å². The Bertz CT molecular complexity index is 645. The average molecular weight is 258 g/mol. The van der Waals surface area contributed by atoms with E-state index in [4.69, 9.17) is 10.5 Å². The van der Waals surface area contributed by atoms with Crippen LogP contribution in [0.5, 0.6) is 0 Å². The molecule has 1 heterocycles. The number of nitrogens with zero attached hydrogens (tertiary/aromatic N) is 1. The molecule has 1 aliphatic carbocycles. The van der Waals surface area contributed by atoms with Crippen molar-refractivity contribution in [3.63, 3.8) is 0 Å². The van der Waals surface area contributed by atoms with Gasteiger partial charge in [-0.05, 0) is 24.5 Å². The SMILES string of the molecule is CC(=O)OC1c2cccc3c2c(cn3C)CCC1N. The van der Waals surface area contributed by atoms with Crippen molar-refractivity contribution in [3.05, 3.63) is 35.5 Å². The van der Waals surface area contributed by atoms with Gasteiger partial charge < -0.3 is 15.0 Å². The maximum absolute atomic E-state index is 11.3. The molecule has 0 aliphatic heterocycles. The van der Waals surface area contributed by atoms with Crippen LogP contribution < -0.4 is 5.73 Å². The fourth-order valence-corrected chi connectivity index (χ4v) is 3.03. The molecule has 0 fully saturated rings. The molecule has 0 bridgehead atoms. The molecule has 2 unspecified atom stereocenters. The van der Waals surface area contributed by atoms with Crippen molar-refractivity contribution < 1.29 is 9.53 Å². The lowest BCUT2D eigenvalue weighted by Crippen LogP contribution is -2.31. The van der Waals surface area contributed by atoms with Gasteiger partial charge in [0, 0.05) is 42.7 Å². The minimum Gasteiger partial charge on any atom is -0.456 e. The molecule has 1 aromatic heterocycles. The Morgan fingerprint density at radius 1 is 1.47 bits per heavy atom. The first kappa shape index (κ1) is 12.2. The van der Waals surface area contributed by atoms with Gasteiger partial charge in [-0.15, -0.1) is 0 Å². The fourth-order valence-electron chi connectivity index (χ4n) is 3.03. The Morgan fingerprint density at radius 3 is 3.00 bits per heavy atom. The summed E-state index contributed by atoms with van der Waals surface area (Å²) in [5, 5.41) is 1.20. The van der Waals surface area contributed by atoms with E-state index in [2.05, 4.69) is 16.8 Å². The molecule has 4 heteroatoms. The number of esters is 1. The molecule has 2 atom stereocenters. The van der Waals surface area contributed by atoms with E-state index in [0.29, 0.717) is 0 Å². The first-order chi connectivity index (χ1) is 9.08. The number of rotatable bonds is 1. The third kappa shape index (κ3) is 1.92. The van der Waals surface area contributed by atoms with Crippen molar-refractivity contribution in [2.45, 2.75) is 31.9 Å². The van der Waals surface area contributed by atoms with E-state index in [-0.39, 0.29) is 18.1 Å². The molecule has 2 aromatic rings. The number of benzene rings is 1. The third-order valence-corrected chi connectivity index (χ3v) is 3.86. The zero-order valence-electron chi connectivity index (χ0n) is 11.2. The van der Waals surface area contributed by atoms with Crippen LogP contribution in [-0.2, 0) is 23.0 Å². The molecule has 0 saturated heterocycles. The highest BCUT2D eigenvalue weighted by atomic mass is 16.5. The normalized spacial score (nSPS) is 22.3. The summed E-state index contributed by atoms with van der Waals surface area (Å²) in [5.74, 6) is -0.281. The lowest BCUT2D eigenvalue weighted by molar-refractivity contribution is -0.147. The molecule has 1 aliphatic rings. The van der Waals surface area contributed by atoms with E-state index in [0.717, 1.165) is 18.4 Å². The Hall–Kier alpha value is -1.81. The Morgan fingerprint density at radius 2 is 2.26 bits per heavy atom. The van der Waals surface area contributed by atoms with Crippen LogP contribution in [0.2, 0.25) is 0 Å². The zero-order valence-corrected chi connectivity index (χ0v) is 11.2. The Kier molecular flexibility index (Phi) is 2.82. The zero-order chi connectivity index (χ0) is 13.6.